The quantitative estimate of drug-likeness (QED) is 0.456. The molecule has 0 amide bonds. The number of carbonyl (C=O) groups is 1. The van der Waals surface area contributed by atoms with Crippen molar-refractivity contribution in [2.24, 2.45) is 11.8 Å². The molecule has 35 heavy (non-hydrogen) atoms. The van der Waals surface area contributed by atoms with Gasteiger partial charge in [0.15, 0.2) is 5.79 Å². The molecule has 1 N–H and O–H groups in total. The minimum atomic E-state index is -1.26. The van der Waals surface area contributed by atoms with Gasteiger partial charge in [-0.2, -0.15) is 0 Å². The topological polar surface area (TPSA) is 92.7 Å². The molecule has 0 saturated carbocycles. The Morgan fingerprint density at radius 3 is 2.46 bits per heavy atom. The van der Waals surface area contributed by atoms with Gasteiger partial charge >= 0.3 is 5.97 Å². The lowest BCUT2D eigenvalue weighted by Crippen LogP contribution is -2.56. The zero-order valence-corrected chi connectivity index (χ0v) is 21.7. The van der Waals surface area contributed by atoms with Crippen LogP contribution < -0.4 is 4.74 Å². The van der Waals surface area contributed by atoms with Crippen molar-refractivity contribution >= 4 is 5.97 Å². The Kier molecular flexibility index (Phi) is 9.72. The van der Waals surface area contributed by atoms with E-state index in [1.165, 1.54) is 7.11 Å². The summed E-state index contributed by atoms with van der Waals surface area (Å²) in [4.78, 5) is 13.0. The summed E-state index contributed by atoms with van der Waals surface area (Å²) >= 11 is 0. The minimum Gasteiger partial charge on any atom is -0.497 e. The van der Waals surface area contributed by atoms with Gasteiger partial charge in [0.05, 0.1) is 45.1 Å². The van der Waals surface area contributed by atoms with Crippen LogP contribution in [0.5, 0.6) is 5.75 Å². The highest BCUT2D eigenvalue weighted by Crippen LogP contribution is 2.40. The molecule has 2 bridgehead atoms. The molecular weight excluding hydrogens is 452 g/mol. The van der Waals surface area contributed by atoms with Crippen molar-refractivity contribution in [2.75, 3.05) is 27.9 Å². The van der Waals surface area contributed by atoms with Crippen molar-refractivity contribution in [1.82, 2.24) is 0 Å². The summed E-state index contributed by atoms with van der Waals surface area (Å²) in [5, 5.41) is 10.8. The fourth-order valence-corrected chi connectivity index (χ4v) is 4.97. The van der Waals surface area contributed by atoms with Crippen LogP contribution in [0.25, 0.3) is 0 Å². The molecule has 7 atom stereocenters. The first-order chi connectivity index (χ1) is 16.7. The molecule has 1 aromatic rings. The zero-order chi connectivity index (χ0) is 25.6. The minimum absolute atomic E-state index is 0.0744. The van der Waals surface area contributed by atoms with Gasteiger partial charge in [-0.1, -0.05) is 37.6 Å². The van der Waals surface area contributed by atoms with Crippen molar-refractivity contribution in [1.29, 1.82) is 0 Å². The van der Waals surface area contributed by atoms with Gasteiger partial charge in [-0.25, -0.2) is 0 Å². The second-order valence-electron chi connectivity index (χ2n) is 9.76. The molecule has 8 heteroatoms. The van der Waals surface area contributed by atoms with Gasteiger partial charge < -0.3 is 33.5 Å². The summed E-state index contributed by atoms with van der Waals surface area (Å²) in [5.74, 6) is -1.14. The standard InChI is InChI=1S/C27H40O8/c1-17-11-22(16-33-15-20-7-9-21(30-4)10-8-20)34-25(29)14-27(32-6)13-23(28)18(2)26(35-27)19(3)24(12-17)31-5/h7-10,12,18-19,22-24,26,28H,11,13-16H2,1-6H3/b17-12+/t18-,19-,22-,23+,24-,26-,27+/m1/s1. The van der Waals surface area contributed by atoms with Crippen LogP contribution in [-0.4, -0.2) is 69.2 Å². The Bertz CT molecular complexity index is 853. The molecule has 3 rings (SSSR count). The Morgan fingerprint density at radius 2 is 1.83 bits per heavy atom. The Hall–Kier alpha value is -1.97. The number of aliphatic hydroxyl groups excluding tert-OH is 1. The highest BCUT2D eigenvalue weighted by molar-refractivity contribution is 5.70. The lowest BCUT2D eigenvalue weighted by molar-refractivity contribution is -0.312. The SMILES string of the molecule is COc1ccc(COC[C@H]2C/C(C)=C/[C@@H](OC)[C@@H](C)[C@@H]3O[C@](OC)(CC(=O)O2)C[C@H](O)[C@H]3C)cc1. The third kappa shape index (κ3) is 7.05. The molecule has 0 unspecified atom stereocenters. The van der Waals surface area contributed by atoms with E-state index in [0.717, 1.165) is 16.9 Å². The summed E-state index contributed by atoms with van der Waals surface area (Å²) in [5.41, 5.74) is 2.02. The number of ether oxygens (including phenoxy) is 6. The van der Waals surface area contributed by atoms with Crippen LogP contribution in [0.4, 0.5) is 0 Å². The van der Waals surface area contributed by atoms with Crippen LogP contribution in [0.3, 0.4) is 0 Å². The maximum absolute atomic E-state index is 13.0. The molecule has 2 aliphatic rings. The van der Waals surface area contributed by atoms with E-state index in [4.69, 9.17) is 28.4 Å². The van der Waals surface area contributed by atoms with Crippen molar-refractivity contribution in [3.05, 3.63) is 41.5 Å². The van der Waals surface area contributed by atoms with Gasteiger partial charge in [0.2, 0.25) is 0 Å². The van der Waals surface area contributed by atoms with E-state index < -0.39 is 24.0 Å². The third-order valence-corrected chi connectivity index (χ3v) is 7.12. The van der Waals surface area contributed by atoms with E-state index in [1.807, 2.05) is 51.1 Å². The molecule has 0 aliphatic carbocycles. The van der Waals surface area contributed by atoms with Gasteiger partial charge in [0.1, 0.15) is 11.9 Å². The smallest absolute Gasteiger partial charge is 0.311 e. The van der Waals surface area contributed by atoms with Gasteiger partial charge in [-0.3, -0.25) is 4.79 Å². The molecule has 0 spiro atoms. The first kappa shape index (κ1) is 27.6. The molecular formula is C27H40O8. The predicted octanol–water partition coefficient (Wildman–Crippen LogP) is 3.64. The lowest BCUT2D eigenvalue weighted by atomic mass is 9.80. The fraction of sp³-hybridized carbons (Fsp3) is 0.667. The number of esters is 1. The van der Waals surface area contributed by atoms with Crippen LogP contribution >= 0.6 is 0 Å². The highest BCUT2D eigenvalue weighted by Gasteiger charge is 2.49. The van der Waals surface area contributed by atoms with E-state index in [2.05, 4.69) is 0 Å². The molecule has 8 nitrogen and oxygen atoms in total. The zero-order valence-electron chi connectivity index (χ0n) is 21.7. The molecule has 2 aliphatic heterocycles. The molecule has 0 radical (unpaired) electrons. The van der Waals surface area contributed by atoms with Gasteiger partial charge in [0, 0.05) is 38.9 Å². The number of hydrogen-bond donors (Lipinski definition) is 1. The first-order valence-electron chi connectivity index (χ1n) is 12.2. The second kappa shape index (κ2) is 12.3. The number of aliphatic hydroxyl groups is 1. The number of benzene rings is 1. The number of hydrogen-bond acceptors (Lipinski definition) is 8. The third-order valence-electron chi connectivity index (χ3n) is 7.12. The largest absolute Gasteiger partial charge is 0.497 e. The maximum Gasteiger partial charge on any atom is 0.311 e. The molecule has 196 valence electrons. The number of methoxy groups -OCH3 is 3. The summed E-state index contributed by atoms with van der Waals surface area (Å²) in [6.45, 7) is 6.61. The molecule has 1 fully saturated rings. The Labute approximate surface area is 208 Å². The average molecular weight is 493 g/mol. The van der Waals surface area contributed by atoms with Gasteiger partial charge in [-0.05, 0) is 24.6 Å². The van der Waals surface area contributed by atoms with Crippen LogP contribution in [0.2, 0.25) is 0 Å². The number of carbonyl (C=O) groups excluding carboxylic acids is 1. The summed E-state index contributed by atoms with van der Waals surface area (Å²) in [6.07, 6.45) is 0.869. The van der Waals surface area contributed by atoms with E-state index >= 15 is 0 Å². The van der Waals surface area contributed by atoms with Crippen LogP contribution in [0.1, 0.15) is 45.6 Å². The molecule has 2 heterocycles. The Balaban J connectivity index is 1.79. The van der Waals surface area contributed by atoms with E-state index in [9.17, 15) is 9.90 Å². The summed E-state index contributed by atoms with van der Waals surface area (Å²) in [7, 11) is 4.79. The molecule has 1 saturated heterocycles. The normalized spacial score (nSPS) is 35.7. The highest BCUT2D eigenvalue weighted by atomic mass is 16.7. The van der Waals surface area contributed by atoms with Crippen LogP contribution in [0.15, 0.2) is 35.9 Å². The van der Waals surface area contributed by atoms with Gasteiger partial charge in [-0.15, -0.1) is 0 Å². The maximum atomic E-state index is 13.0. The number of rotatable bonds is 7. The van der Waals surface area contributed by atoms with E-state index in [1.54, 1.807) is 14.2 Å². The first-order valence-corrected chi connectivity index (χ1v) is 12.2. The second-order valence-corrected chi connectivity index (χ2v) is 9.76. The van der Waals surface area contributed by atoms with Crippen molar-refractivity contribution in [3.63, 3.8) is 0 Å². The number of cyclic esters (lactones) is 1. The predicted molar refractivity (Wildman–Crippen MR) is 130 cm³/mol. The summed E-state index contributed by atoms with van der Waals surface area (Å²) < 4.78 is 34.8. The van der Waals surface area contributed by atoms with Crippen molar-refractivity contribution in [3.8, 4) is 5.75 Å². The average Bonchev–Trinajstić information content (AvgIpc) is 2.84. The fourth-order valence-electron chi connectivity index (χ4n) is 4.97. The summed E-state index contributed by atoms with van der Waals surface area (Å²) in [6, 6.07) is 7.63. The van der Waals surface area contributed by atoms with E-state index in [-0.39, 0.29) is 43.5 Å². The molecule has 1 aromatic carbocycles. The van der Waals surface area contributed by atoms with Gasteiger partial charge in [0.25, 0.3) is 0 Å². The number of fused-ring (bicyclic) bond motifs is 2. The lowest BCUT2D eigenvalue weighted by Gasteiger charge is -2.48. The van der Waals surface area contributed by atoms with Crippen molar-refractivity contribution in [2.45, 2.75) is 76.8 Å². The van der Waals surface area contributed by atoms with Crippen LogP contribution in [-0.2, 0) is 35.1 Å². The Morgan fingerprint density at radius 1 is 1.11 bits per heavy atom. The van der Waals surface area contributed by atoms with Crippen LogP contribution in [0, 0.1) is 11.8 Å². The molecule has 0 aromatic heterocycles. The monoisotopic (exact) mass is 492 g/mol. The van der Waals surface area contributed by atoms with E-state index in [0.29, 0.717) is 13.0 Å². The van der Waals surface area contributed by atoms with Crippen molar-refractivity contribution < 1.29 is 38.3 Å².